The summed E-state index contributed by atoms with van der Waals surface area (Å²) in [7, 11) is 0. The van der Waals surface area contributed by atoms with Gasteiger partial charge in [0.2, 0.25) is 0 Å². The van der Waals surface area contributed by atoms with Crippen molar-refractivity contribution >= 4 is 38.6 Å². The molecule has 0 N–H and O–H groups in total. The van der Waals surface area contributed by atoms with Crippen molar-refractivity contribution in [3.05, 3.63) is 187 Å². The van der Waals surface area contributed by atoms with E-state index in [1.54, 1.807) is 0 Å². The first-order valence-corrected chi connectivity index (χ1v) is 16.9. The van der Waals surface area contributed by atoms with E-state index in [4.69, 9.17) is 0 Å². The van der Waals surface area contributed by atoms with Crippen molar-refractivity contribution in [2.75, 3.05) is 4.90 Å². The fourth-order valence-corrected chi connectivity index (χ4v) is 7.04. The maximum Gasteiger partial charge on any atom is 0.416 e. The molecule has 8 aromatic carbocycles. The maximum atomic E-state index is 13.6. The van der Waals surface area contributed by atoms with Crippen molar-refractivity contribution in [2.45, 2.75) is 12.4 Å². The first-order valence-electron chi connectivity index (χ1n) is 16.9. The summed E-state index contributed by atoms with van der Waals surface area (Å²) in [5.41, 5.74) is 5.90. The van der Waals surface area contributed by atoms with E-state index in [0.717, 1.165) is 85.1 Å². The molecular weight excluding hydrogens is 681 g/mol. The van der Waals surface area contributed by atoms with Crippen LogP contribution < -0.4 is 4.90 Å². The largest absolute Gasteiger partial charge is 0.416 e. The highest BCUT2D eigenvalue weighted by molar-refractivity contribution is 6.22. The minimum absolute atomic E-state index is 0.590. The third-order valence-corrected chi connectivity index (χ3v) is 9.51. The van der Waals surface area contributed by atoms with Gasteiger partial charge in [-0.05, 0) is 122 Å². The van der Waals surface area contributed by atoms with Crippen molar-refractivity contribution in [3.63, 3.8) is 0 Å². The quantitative estimate of drug-likeness (QED) is 0.123. The van der Waals surface area contributed by atoms with Gasteiger partial charge in [0.05, 0.1) is 11.1 Å². The van der Waals surface area contributed by atoms with Gasteiger partial charge in [-0.1, -0.05) is 109 Å². The molecule has 0 radical (unpaired) electrons. The lowest BCUT2D eigenvalue weighted by molar-refractivity contribution is -0.138. The molecule has 0 bridgehead atoms. The van der Waals surface area contributed by atoms with Crippen LogP contribution in [0.15, 0.2) is 176 Å². The van der Waals surface area contributed by atoms with Gasteiger partial charge in [-0.2, -0.15) is 26.3 Å². The van der Waals surface area contributed by atoms with Gasteiger partial charge in [-0.25, -0.2) is 0 Å². The summed E-state index contributed by atoms with van der Waals surface area (Å²) >= 11 is 0. The summed E-state index contributed by atoms with van der Waals surface area (Å²) in [6.45, 7) is 0. The Morgan fingerprint density at radius 3 is 1.11 bits per heavy atom. The van der Waals surface area contributed by atoms with Gasteiger partial charge in [0.1, 0.15) is 0 Å². The van der Waals surface area contributed by atoms with Crippen molar-refractivity contribution in [1.82, 2.24) is 0 Å². The van der Waals surface area contributed by atoms with Gasteiger partial charge in [-0.3, -0.25) is 0 Å². The van der Waals surface area contributed by atoms with Crippen LogP contribution in [0.25, 0.3) is 54.9 Å². The Morgan fingerprint density at radius 2 is 0.660 bits per heavy atom. The normalized spacial score (nSPS) is 12.0. The standard InChI is InChI=1S/C46H29F6N/c47-45(48,49)34-22-15-31(16-23-34)43-39-13-7-8-14-40(39)44(32-17-24-35(25-18-32)46(50,51)52)42-29-33(21-28-41(42)43)30-19-26-38(27-20-30)53(36-9-3-1-4-10-36)37-11-5-2-6-12-37/h1-29H. The molecule has 0 saturated heterocycles. The van der Waals surface area contributed by atoms with Crippen LogP contribution in [0.2, 0.25) is 0 Å². The van der Waals surface area contributed by atoms with E-state index in [1.807, 2.05) is 127 Å². The van der Waals surface area contributed by atoms with E-state index in [1.165, 1.54) is 24.3 Å². The molecule has 0 aliphatic heterocycles. The molecule has 7 heteroatoms. The summed E-state index contributed by atoms with van der Waals surface area (Å²) < 4.78 is 81.5. The number of hydrogen-bond donors (Lipinski definition) is 0. The average Bonchev–Trinajstić information content (AvgIpc) is 3.17. The Hall–Kier alpha value is -6.34. The van der Waals surface area contributed by atoms with Gasteiger partial charge >= 0.3 is 12.4 Å². The minimum Gasteiger partial charge on any atom is -0.311 e. The number of anilines is 3. The summed E-state index contributed by atoms with van der Waals surface area (Å²) in [4.78, 5) is 2.16. The number of fused-ring (bicyclic) bond motifs is 2. The first kappa shape index (κ1) is 33.8. The topological polar surface area (TPSA) is 3.24 Å². The third-order valence-electron chi connectivity index (χ3n) is 9.51. The van der Waals surface area contributed by atoms with Gasteiger partial charge in [-0.15, -0.1) is 0 Å². The van der Waals surface area contributed by atoms with Gasteiger partial charge in [0.15, 0.2) is 0 Å². The number of benzene rings is 8. The number of rotatable bonds is 6. The molecule has 0 unspecified atom stereocenters. The summed E-state index contributed by atoms with van der Waals surface area (Å²) in [5, 5.41) is 3.06. The Kier molecular flexibility index (Phi) is 8.50. The molecule has 0 aromatic heterocycles. The predicted octanol–water partition coefficient (Wildman–Crippen LogP) is 14.5. The van der Waals surface area contributed by atoms with Crippen molar-refractivity contribution in [1.29, 1.82) is 0 Å². The number of halogens is 6. The number of nitrogens with zero attached hydrogens (tertiary/aromatic N) is 1. The second-order valence-corrected chi connectivity index (χ2v) is 12.8. The molecule has 0 atom stereocenters. The van der Waals surface area contributed by atoms with Crippen molar-refractivity contribution in [3.8, 4) is 33.4 Å². The van der Waals surface area contributed by atoms with E-state index in [2.05, 4.69) is 4.90 Å². The monoisotopic (exact) mass is 709 g/mol. The second kappa shape index (κ2) is 13.3. The van der Waals surface area contributed by atoms with E-state index < -0.39 is 23.5 Å². The molecule has 0 saturated carbocycles. The Morgan fingerprint density at radius 1 is 0.302 bits per heavy atom. The molecule has 0 aliphatic rings. The molecule has 0 fully saturated rings. The molecule has 0 aliphatic carbocycles. The molecule has 0 amide bonds. The highest BCUT2D eigenvalue weighted by Crippen LogP contribution is 2.46. The fourth-order valence-electron chi connectivity index (χ4n) is 7.04. The summed E-state index contributed by atoms with van der Waals surface area (Å²) in [5.74, 6) is 0. The summed E-state index contributed by atoms with van der Waals surface area (Å²) in [6.07, 6.45) is -8.98. The Labute approximate surface area is 302 Å². The molecular formula is C46H29F6N. The van der Waals surface area contributed by atoms with Crippen LogP contribution >= 0.6 is 0 Å². The highest BCUT2D eigenvalue weighted by Gasteiger charge is 2.31. The minimum atomic E-state index is -4.50. The Bertz CT molecular complexity index is 2500. The van der Waals surface area contributed by atoms with Gasteiger partial charge in [0, 0.05) is 17.1 Å². The fraction of sp³-hybridized carbons (Fsp3) is 0.0435. The SMILES string of the molecule is FC(F)(F)c1ccc(-c2c3ccccc3c(-c3ccc(C(F)(F)F)cc3)c3cc(-c4ccc(N(c5ccccc5)c5ccccc5)cc4)ccc23)cc1. The lowest BCUT2D eigenvalue weighted by Crippen LogP contribution is -2.09. The Balaban J connectivity index is 1.32. The van der Waals surface area contributed by atoms with Crippen molar-refractivity contribution < 1.29 is 26.3 Å². The second-order valence-electron chi connectivity index (χ2n) is 12.8. The molecule has 0 heterocycles. The molecule has 8 aromatic rings. The van der Waals surface area contributed by atoms with E-state index in [9.17, 15) is 26.3 Å². The van der Waals surface area contributed by atoms with Crippen LogP contribution in [-0.2, 0) is 12.4 Å². The molecule has 0 spiro atoms. The number of alkyl halides is 6. The third kappa shape index (κ3) is 6.51. The molecule has 8 rings (SSSR count). The lowest BCUT2D eigenvalue weighted by atomic mass is 9.84. The van der Waals surface area contributed by atoms with Crippen LogP contribution in [0, 0.1) is 0 Å². The van der Waals surface area contributed by atoms with Crippen LogP contribution in [0.5, 0.6) is 0 Å². The van der Waals surface area contributed by atoms with E-state index >= 15 is 0 Å². The van der Waals surface area contributed by atoms with E-state index in [0.29, 0.717) is 11.1 Å². The predicted molar refractivity (Wildman–Crippen MR) is 202 cm³/mol. The zero-order chi connectivity index (χ0) is 36.7. The zero-order valence-electron chi connectivity index (χ0n) is 28.0. The van der Waals surface area contributed by atoms with Crippen LogP contribution in [0.3, 0.4) is 0 Å². The highest BCUT2D eigenvalue weighted by atomic mass is 19.4. The van der Waals surface area contributed by atoms with Crippen molar-refractivity contribution in [2.24, 2.45) is 0 Å². The van der Waals surface area contributed by atoms with Gasteiger partial charge < -0.3 is 4.90 Å². The number of para-hydroxylation sites is 2. The van der Waals surface area contributed by atoms with Crippen LogP contribution in [-0.4, -0.2) is 0 Å². The number of hydrogen-bond acceptors (Lipinski definition) is 1. The lowest BCUT2D eigenvalue weighted by Gasteiger charge is -2.25. The maximum absolute atomic E-state index is 13.6. The average molecular weight is 710 g/mol. The zero-order valence-corrected chi connectivity index (χ0v) is 28.0. The van der Waals surface area contributed by atoms with E-state index in [-0.39, 0.29) is 0 Å². The molecule has 1 nitrogen and oxygen atoms in total. The first-order chi connectivity index (χ1) is 25.6. The van der Waals surface area contributed by atoms with Crippen LogP contribution in [0.4, 0.5) is 43.4 Å². The van der Waals surface area contributed by atoms with Gasteiger partial charge in [0.25, 0.3) is 0 Å². The molecule has 53 heavy (non-hydrogen) atoms. The smallest absolute Gasteiger partial charge is 0.311 e. The van der Waals surface area contributed by atoms with Crippen LogP contribution in [0.1, 0.15) is 11.1 Å². The molecule has 260 valence electrons. The summed E-state index contributed by atoms with van der Waals surface area (Å²) in [6, 6.07) is 51.9.